The predicted octanol–water partition coefficient (Wildman–Crippen LogP) is 2.16. The Balaban J connectivity index is 0.00000364. The predicted molar refractivity (Wildman–Crippen MR) is 121 cm³/mol. The van der Waals surface area contributed by atoms with Crippen LogP contribution in [0.15, 0.2) is 29.3 Å². The molecule has 0 aromatic heterocycles. The average molecular weight is 493 g/mol. The first-order valence-corrected chi connectivity index (χ1v) is 9.48. The largest absolute Gasteiger partial charge is 0.379 e. The lowest BCUT2D eigenvalue weighted by molar-refractivity contribution is 0.0389. The molecule has 0 unspecified atom stereocenters. The van der Waals surface area contributed by atoms with Crippen LogP contribution in [0.25, 0.3) is 0 Å². The number of rotatable bonds is 9. The van der Waals surface area contributed by atoms with Gasteiger partial charge in [-0.25, -0.2) is 4.39 Å². The van der Waals surface area contributed by atoms with Gasteiger partial charge in [0.25, 0.3) is 0 Å². The Kier molecular flexibility index (Phi) is 12.4. The molecule has 6 nitrogen and oxygen atoms in total. The van der Waals surface area contributed by atoms with Crippen LogP contribution in [0, 0.1) is 5.82 Å². The zero-order chi connectivity index (χ0) is 18.6. The Bertz CT molecular complexity index is 555. The van der Waals surface area contributed by atoms with Crippen molar-refractivity contribution in [2.75, 3.05) is 71.0 Å². The van der Waals surface area contributed by atoms with Crippen LogP contribution in [-0.2, 0) is 4.74 Å². The molecule has 2 N–H and O–H groups in total. The number of guanidine groups is 1. The molecule has 0 aliphatic carbocycles. The highest BCUT2D eigenvalue weighted by molar-refractivity contribution is 14.0. The average Bonchev–Trinajstić information content (AvgIpc) is 2.66. The molecule has 1 aromatic carbocycles. The molecular weight excluding hydrogens is 460 g/mol. The van der Waals surface area contributed by atoms with Gasteiger partial charge in [-0.1, -0.05) is 6.07 Å². The monoisotopic (exact) mass is 493 g/mol. The molecule has 0 amide bonds. The molecule has 27 heavy (non-hydrogen) atoms. The van der Waals surface area contributed by atoms with E-state index in [2.05, 4.69) is 32.3 Å². The minimum atomic E-state index is -0.203. The minimum Gasteiger partial charge on any atom is -0.379 e. The lowest BCUT2D eigenvalue weighted by Crippen LogP contribution is -2.44. The number of morpholine rings is 1. The maximum atomic E-state index is 13.3. The number of hydrogen-bond acceptors (Lipinski definition) is 4. The van der Waals surface area contributed by atoms with Gasteiger partial charge in [0.1, 0.15) is 5.82 Å². The zero-order valence-corrected chi connectivity index (χ0v) is 18.7. The van der Waals surface area contributed by atoms with E-state index >= 15 is 0 Å². The fourth-order valence-electron chi connectivity index (χ4n) is 2.84. The number of halogens is 2. The molecular formula is C19H33FIN5O. The van der Waals surface area contributed by atoms with Crippen LogP contribution in [-0.4, -0.2) is 76.9 Å². The Morgan fingerprint density at radius 1 is 1.30 bits per heavy atom. The van der Waals surface area contributed by atoms with Crippen LogP contribution < -0.4 is 15.5 Å². The third kappa shape index (κ3) is 9.57. The summed E-state index contributed by atoms with van der Waals surface area (Å²) in [5, 5.41) is 6.67. The van der Waals surface area contributed by atoms with E-state index in [1.165, 1.54) is 6.07 Å². The van der Waals surface area contributed by atoms with Gasteiger partial charge in [-0.3, -0.25) is 9.89 Å². The molecule has 1 aromatic rings. The molecule has 1 heterocycles. The zero-order valence-electron chi connectivity index (χ0n) is 16.4. The molecule has 2 rings (SSSR count). The molecule has 0 bridgehead atoms. The van der Waals surface area contributed by atoms with Gasteiger partial charge in [0.15, 0.2) is 5.96 Å². The number of benzene rings is 1. The van der Waals surface area contributed by atoms with Crippen molar-refractivity contribution in [2.24, 2.45) is 4.99 Å². The van der Waals surface area contributed by atoms with Gasteiger partial charge in [-0.2, -0.15) is 0 Å². The number of aliphatic imine (C=N–C) groups is 1. The molecule has 8 heteroatoms. The smallest absolute Gasteiger partial charge is 0.191 e. The highest BCUT2D eigenvalue weighted by Gasteiger charge is 2.09. The lowest BCUT2D eigenvalue weighted by atomic mass is 10.2. The number of nitrogens with one attached hydrogen (secondary N) is 2. The van der Waals surface area contributed by atoms with Gasteiger partial charge in [0.05, 0.1) is 13.2 Å². The van der Waals surface area contributed by atoms with Crippen molar-refractivity contribution in [3.8, 4) is 0 Å². The Hall–Kier alpha value is -1.13. The summed E-state index contributed by atoms with van der Waals surface area (Å²) in [6.45, 7) is 9.99. The van der Waals surface area contributed by atoms with Crippen LogP contribution in [0.1, 0.15) is 13.3 Å². The van der Waals surface area contributed by atoms with E-state index in [4.69, 9.17) is 4.74 Å². The van der Waals surface area contributed by atoms with Crippen LogP contribution in [0.3, 0.4) is 0 Å². The molecule has 0 saturated carbocycles. The Labute approximate surface area is 179 Å². The molecule has 1 fully saturated rings. The van der Waals surface area contributed by atoms with Gasteiger partial charge < -0.3 is 20.3 Å². The minimum absolute atomic E-state index is 0. The third-order valence-corrected chi connectivity index (χ3v) is 4.34. The highest BCUT2D eigenvalue weighted by Crippen LogP contribution is 2.13. The van der Waals surface area contributed by atoms with E-state index < -0.39 is 0 Å². The SMILES string of the molecule is CCNC(=NCCCN(C)c1cccc(F)c1)NCCN1CCOCC1.I. The normalized spacial score (nSPS) is 15.1. The first-order valence-electron chi connectivity index (χ1n) is 9.48. The summed E-state index contributed by atoms with van der Waals surface area (Å²) in [7, 11) is 1.98. The van der Waals surface area contributed by atoms with Crippen molar-refractivity contribution in [1.82, 2.24) is 15.5 Å². The van der Waals surface area contributed by atoms with Gasteiger partial charge in [0.2, 0.25) is 0 Å². The maximum absolute atomic E-state index is 13.3. The number of nitrogens with zero attached hydrogens (tertiary/aromatic N) is 3. The van der Waals surface area contributed by atoms with Crippen LogP contribution in [0.2, 0.25) is 0 Å². The lowest BCUT2D eigenvalue weighted by Gasteiger charge is -2.26. The van der Waals surface area contributed by atoms with Crippen molar-refractivity contribution in [2.45, 2.75) is 13.3 Å². The second-order valence-corrected chi connectivity index (χ2v) is 6.40. The summed E-state index contributed by atoms with van der Waals surface area (Å²) >= 11 is 0. The van der Waals surface area contributed by atoms with Crippen molar-refractivity contribution in [3.05, 3.63) is 30.1 Å². The first kappa shape index (κ1) is 23.9. The van der Waals surface area contributed by atoms with Crippen LogP contribution >= 0.6 is 24.0 Å². The van der Waals surface area contributed by atoms with Crippen molar-refractivity contribution >= 4 is 35.6 Å². The van der Waals surface area contributed by atoms with E-state index in [0.717, 1.165) is 77.1 Å². The van der Waals surface area contributed by atoms with Gasteiger partial charge >= 0.3 is 0 Å². The van der Waals surface area contributed by atoms with E-state index in [9.17, 15) is 4.39 Å². The number of ether oxygens (including phenoxy) is 1. The van der Waals surface area contributed by atoms with Crippen molar-refractivity contribution in [3.63, 3.8) is 0 Å². The fraction of sp³-hybridized carbons (Fsp3) is 0.632. The first-order chi connectivity index (χ1) is 12.7. The number of anilines is 1. The number of hydrogen-bond donors (Lipinski definition) is 2. The molecule has 154 valence electrons. The fourth-order valence-corrected chi connectivity index (χ4v) is 2.84. The van der Waals surface area contributed by atoms with Crippen LogP contribution in [0.4, 0.5) is 10.1 Å². The highest BCUT2D eigenvalue weighted by atomic mass is 127. The standard InChI is InChI=1S/C19H32FN5O.HI/c1-3-21-19(23-9-11-25-12-14-26-15-13-25)22-8-5-10-24(2)18-7-4-6-17(20)16-18;/h4,6-7,16H,3,5,8-15H2,1-2H3,(H2,21,22,23);1H. The van der Waals surface area contributed by atoms with Crippen LogP contribution in [0.5, 0.6) is 0 Å². The molecule has 1 aliphatic heterocycles. The topological polar surface area (TPSA) is 52.1 Å². The molecule has 1 saturated heterocycles. The Morgan fingerprint density at radius 3 is 2.78 bits per heavy atom. The van der Waals surface area contributed by atoms with Crippen molar-refractivity contribution in [1.29, 1.82) is 0 Å². The maximum Gasteiger partial charge on any atom is 0.191 e. The van der Waals surface area contributed by atoms with Crippen molar-refractivity contribution < 1.29 is 9.13 Å². The summed E-state index contributed by atoms with van der Waals surface area (Å²) in [4.78, 5) is 9.08. The summed E-state index contributed by atoms with van der Waals surface area (Å²) < 4.78 is 18.6. The van der Waals surface area contributed by atoms with E-state index in [1.54, 1.807) is 12.1 Å². The third-order valence-electron chi connectivity index (χ3n) is 4.34. The van der Waals surface area contributed by atoms with Gasteiger partial charge in [-0.05, 0) is 31.5 Å². The molecule has 0 spiro atoms. The van der Waals surface area contributed by atoms with E-state index in [1.807, 2.05) is 13.1 Å². The quantitative estimate of drug-likeness (QED) is 0.239. The second kappa shape index (κ2) is 14.0. The summed E-state index contributed by atoms with van der Waals surface area (Å²) in [6.07, 6.45) is 0.910. The summed E-state index contributed by atoms with van der Waals surface area (Å²) in [6, 6.07) is 6.68. The second-order valence-electron chi connectivity index (χ2n) is 6.40. The van der Waals surface area contributed by atoms with E-state index in [-0.39, 0.29) is 29.8 Å². The molecule has 0 atom stereocenters. The van der Waals surface area contributed by atoms with Gasteiger partial charge in [0, 0.05) is 58.5 Å². The summed E-state index contributed by atoms with van der Waals surface area (Å²) in [5.74, 6) is 0.653. The molecule has 0 radical (unpaired) electrons. The Morgan fingerprint density at radius 2 is 2.07 bits per heavy atom. The summed E-state index contributed by atoms with van der Waals surface area (Å²) in [5.41, 5.74) is 0.893. The van der Waals surface area contributed by atoms with Gasteiger partial charge in [-0.15, -0.1) is 24.0 Å². The van der Waals surface area contributed by atoms with E-state index in [0.29, 0.717) is 0 Å². The molecule has 1 aliphatic rings.